The first-order valence-electron chi connectivity index (χ1n) is 6.83. The quantitative estimate of drug-likeness (QED) is 0.344. The molecular weight excluding hydrogens is 657 g/mol. The Kier molecular flexibility index (Phi) is 7.80. The van der Waals surface area contributed by atoms with Crippen LogP contribution in [-0.2, 0) is 64.9 Å². The molecule has 0 N–H and O–H groups in total. The van der Waals surface area contributed by atoms with Gasteiger partial charge in [-0.15, -0.1) is 0 Å². The van der Waals surface area contributed by atoms with Gasteiger partial charge in [-0.25, -0.2) is 0 Å². The molecule has 22 heavy (non-hydrogen) atoms. The van der Waals surface area contributed by atoms with Crippen molar-refractivity contribution in [2.75, 3.05) is 0 Å². The first kappa shape index (κ1) is 17.3. The molecule has 4 nitrogen and oxygen atoms in total. The molecule has 0 aliphatic carbocycles. The molecule has 0 bridgehead atoms. The van der Waals surface area contributed by atoms with Crippen molar-refractivity contribution < 1.29 is 64.9 Å². The normalized spacial score (nSPS) is 9.64. The molecule has 0 heterocycles. The Hall–Kier alpha value is -1.01. The van der Waals surface area contributed by atoms with E-state index in [4.69, 9.17) is 5.29 Å². The van der Waals surface area contributed by atoms with E-state index >= 15 is 0 Å². The van der Waals surface area contributed by atoms with E-state index in [1.807, 2.05) is 60.7 Å². The van der Waals surface area contributed by atoms with Crippen molar-refractivity contribution in [2.45, 2.75) is 0 Å². The maximum atomic E-state index is 11.6. The molecule has 104 valence electrons. The molecule has 0 aliphatic heterocycles. The van der Waals surface area contributed by atoms with Gasteiger partial charge in [0.05, 0.1) is 0 Å². The molecule has 0 unspecified atom stereocenters. The Bertz CT molecular complexity index is 584. The molecule has 6 heteroatoms. The van der Waals surface area contributed by atoms with Crippen LogP contribution >= 0.6 is 0 Å². The third-order valence-electron chi connectivity index (χ3n) is 2.80. The Morgan fingerprint density at radius 3 is 1.41 bits per heavy atom. The summed E-state index contributed by atoms with van der Waals surface area (Å²) >= 11 is -3.73. The van der Waals surface area contributed by atoms with Crippen LogP contribution in [0.1, 0.15) is 0 Å². The van der Waals surface area contributed by atoms with Crippen molar-refractivity contribution in [1.29, 1.82) is 0 Å². The molecule has 2 aromatic carbocycles. The summed E-state index contributed by atoms with van der Waals surface area (Å²) in [5.41, 5.74) is 0. The second kappa shape index (κ2) is 9.90. The molecule has 0 aliphatic rings. The van der Waals surface area contributed by atoms with E-state index in [2.05, 4.69) is 0 Å². The third-order valence-corrected chi connectivity index (χ3v) is 12.4. The first-order chi connectivity index (χ1) is 10.7. The van der Waals surface area contributed by atoms with Gasteiger partial charge >= 0.3 is 156 Å². The Labute approximate surface area is 154 Å². The van der Waals surface area contributed by atoms with Gasteiger partial charge in [0, 0.05) is 0 Å². The fourth-order valence-corrected chi connectivity index (χ4v) is 8.45. The average Bonchev–Trinajstić information content (AvgIpc) is 2.58. The van der Waals surface area contributed by atoms with Crippen molar-refractivity contribution in [2.24, 2.45) is 0 Å². The van der Waals surface area contributed by atoms with Gasteiger partial charge in [0.15, 0.2) is 0 Å². The van der Waals surface area contributed by atoms with E-state index in [1.165, 1.54) is 0 Å². The number of hydrogen-bond acceptors (Lipinski definition) is 4. The molecule has 0 radical (unpaired) electrons. The summed E-state index contributed by atoms with van der Waals surface area (Å²) in [6.07, 6.45) is 2.31. The number of carbonyl (C=O) groups is 2. The second-order valence-corrected chi connectivity index (χ2v) is 15.4. The van der Waals surface area contributed by atoms with E-state index in [9.17, 15) is 9.59 Å². The second-order valence-electron chi connectivity index (χ2n) is 4.52. The Morgan fingerprint density at radius 2 is 1.05 bits per heavy atom. The van der Waals surface area contributed by atoms with Gasteiger partial charge in [-0.1, -0.05) is 0 Å². The molecule has 0 saturated heterocycles. The first-order valence-corrected chi connectivity index (χ1v) is 16.8. The van der Waals surface area contributed by atoms with Crippen molar-refractivity contribution in [3.05, 3.63) is 72.8 Å². The van der Waals surface area contributed by atoms with Crippen LogP contribution in [0.15, 0.2) is 72.8 Å². The topological polar surface area (TPSA) is 52.6 Å². The van der Waals surface area contributed by atoms with E-state index in [-0.39, 0.29) is 0 Å². The summed E-state index contributed by atoms with van der Waals surface area (Å²) in [4.78, 5) is 23.1. The maximum absolute atomic E-state index is 11.6. The summed E-state index contributed by atoms with van der Waals surface area (Å²) in [7, 11) is 0. The molecular formula is C16H12Hg2O4. The molecule has 2 aromatic rings. The van der Waals surface area contributed by atoms with Crippen LogP contribution in [0.3, 0.4) is 0 Å². The summed E-state index contributed by atoms with van der Waals surface area (Å²) in [6, 6.07) is 19.4. The van der Waals surface area contributed by atoms with Gasteiger partial charge in [0.1, 0.15) is 0 Å². The zero-order valence-corrected chi connectivity index (χ0v) is 23.0. The molecule has 0 atom stereocenters. The SMILES string of the molecule is O=C(C=CC(=O)[O][Hg][c]1ccccc1)[O][Hg][c]1ccccc1. The van der Waals surface area contributed by atoms with Crippen molar-refractivity contribution in [3.63, 3.8) is 0 Å². The molecule has 0 aromatic heterocycles. The van der Waals surface area contributed by atoms with Crippen LogP contribution in [0, 0.1) is 0 Å². The zero-order chi connectivity index (χ0) is 15.6. The van der Waals surface area contributed by atoms with Gasteiger partial charge in [0.2, 0.25) is 0 Å². The van der Waals surface area contributed by atoms with Crippen LogP contribution in [0.2, 0.25) is 0 Å². The molecule has 0 spiro atoms. The minimum atomic E-state index is -1.86. The van der Waals surface area contributed by atoms with Gasteiger partial charge in [0.25, 0.3) is 0 Å². The predicted octanol–water partition coefficient (Wildman–Crippen LogP) is 1.27. The van der Waals surface area contributed by atoms with Crippen molar-refractivity contribution in [1.82, 2.24) is 0 Å². The van der Waals surface area contributed by atoms with Crippen LogP contribution in [0.4, 0.5) is 0 Å². The van der Waals surface area contributed by atoms with Crippen LogP contribution < -0.4 is 6.14 Å². The Balaban J connectivity index is 1.71. The van der Waals surface area contributed by atoms with Gasteiger partial charge in [-0.3, -0.25) is 0 Å². The molecule has 0 fully saturated rings. The average molecular weight is 669 g/mol. The van der Waals surface area contributed by atoms with E-state index in [0.29, 0.717) is 0 Å². The standard InChI is InChI=1S/2C6H5.C4H4O4.2Hg/c2*1-2-4-6-5-3-1;5-3(6)1-2-4(7)8;;/h2*1-5H;1-2H,(H,5,6)(H,7,8);;/q;;;2*+1/p-2. The third kappa shape index (κ3) is 6.83. The number of hydrogen-bond donors (Lipinski definition) is 0. The van der Waals surface area contributed by atoms with Crippen molar-refractivity contribution >= 4 is 18.1 Å². The van der Waals surface area contributed by atoms with Crippen LogP contribution in [0.25, 0.3) is 0 Å². The minimum absolute atomic E-state index is 0.459. The van der Waals surface area contributed by atoms with Crippen LogP contribution in [0.5, 0.6) is 0 Å². The molecule has 0 amide bonds. The van der Waals surface area contributed by atoms with Crippen LogP contribution in [-0.4, -0.2) is 11.9 Å². The predicted molar refractivity (Wildman–Crippen MR) is 73.5 cm³/mol. The fraction of sp³-hybridized carbons (Fsp3) is 0. The van der Waals surface area contributed by atoms with E-state index < -0.39 is 62.0 Å². The summed E-state index contributed by atoms with van der Waals surface area (Å²) in [5.74, 6) is -0.919. The molecule has 2 rings (SSSR count). The molecule has 0 saturated carbocycles. The van der Waals surface area contributed by atoms with E-state index in [1.54, 1.807) is 0 Å². The number of benzene rings is 2. The Morgan fingerprint density at radius 1 is 0.682 bits per heavy atom. The zero-order valence-electron chi connectivity index (χ0n) is 12.0. The van der Waals surface area contributed by atoms with Gasteiger partial charge in [-0.2, -0.15) is 0 Å². The number of carbonyl (C=O) groups excluding carboxylic acids is 2. The van der Waals surface area contributed by atoms with E-state index in [0.717, 1.165) is 18.3 Å². The van der Waals surface area contributed by atoms with Gasteiger partial charge < -0.3 is 0 Å². The van der Waals surface area contributed by atoms with Gasteiger partial charge in [-0.05, 0) is 0 Å². The fourth-order valence-electron chi connectivity index (χ4n) is 1.69. The summed E-state index contributed by atoms with van der Waals surface area (Å²) in [6.45, 7) is 0. The van der Waals surface area contributed by atoms with Crippen molar-refractivity contribution in [3.8, 4) is 0 Å². The summed E-state index contributed by atoms with van der Waals surface area (Å²) in [5, 5.41) is 0. The summed E-state index contributed by atoms with van der Waals surface area (Å²) < 4.78 is 12.7. The monoisotopic (exact) mass is 672 g/mol. The number of rotatable bonds is 6.